The van der Waals surface area contributed by atoms with Gasteiger partial charge in [-0.25, -0.2) is 4.98 Å². The molecule has 0 saturated carbocycles. The second-order valence-corrected chi connectivity index (χ2v) is 6.72. The van der Waals surface area contributed by atoms with E-state index in [2.05, 4.69) is 22.1 Å². The van der Waals surface area contributed by atoms with Crippen LogP contribution in [0.4, 0.5) is 5.82 Å². The van der Waals surface area contributed by atoms with E-state index in [1.54, 1.807) is 25.4 Å². The van der Waals surface area contributed by atoms with Crippen LogP contribution in [0.5, 0.6) is 0 Å². The quantitative estimate of drug-likeness (QED) is 0.883. The van der Waals surface area contributed by atoms with Gasteiger partial charge in [-0.05, 0) is 24.1 Å². The number of nitrogens with one attached hydrogen (secondary N) is 1. The van der Waals surface area contributed by atoms with Crippen LogP contribution in [-0.2, 0) is 11.3 Å². The first kappa shape index (κ1) is 18.9. The lowest BCUT2D eigenvalue weighted by molar-refractivity contribution is -0.133. The Balaban J connectivity index is 1.86. The molecule has 1 atom stereocenters. The molecule has 2 aromatic rings. The number of hydrogen-bond donors (Lipinski definition) is 1. The molecule has 0 unspecified atom stereocenters. The van der Waals surface area contributed by atoms with E-state index in [1.807, 2.05) is 35.2 Å². The lowest BCUT2D eigenvalue weighted by Crippen LogP contribution is -2.43. The highest BCUT2D eigenvalue weighted by atomic mass is 16.2. The van der Waals surface area contributed by atoms with Gasteiger partial charge in [0, 0.05) is 45.3 Å². The molecule has 0 bridgehead atoms. The molecule has 0 aliphatic carbocycles. The van der Waals surface area contributed by atoms with Crippen LogP contribution in [-0.4, -0.2) is 47.9 Å². The third-order valence-corrected chi connectivity index (χ3v) is 5.01. The standard InChI is InChI=1S/C21H26N4O2/c1-3-17-15-24(20-18(21(27)22-2)10-7-12-23-20)13-11-19(26)25(17)14-16-8-5-4-6-9-16/h4-10,12,17H,3,11,13-15H2,1-2H3,(H,22,27)/t17-/m0/s1. The molecule has 1 fully saturated rings. The van der Waals surface area contributed by atoms with Crippen LogP contribution >= 0.6 is 0 Å². The van der Waals surface area contributed by atoms with Crippen molar-refractivity contribution in [3.8, 4) is 0 Å². The molecule has 1 aromatic heterocycles. The number of carbonyl (C=O) groups is 2. The molecule has 6 nitrogen and oxygen atoms in total. The summed E-state index contributed by atoms with van der Waals surface area (Å²) < 4.78 is 0. The van der Waals surface area contributed by atoms with E-state index >= 15 is 0 Å². The average Bonchev–Trinajstić information content (AvgIpc) is 2.87. The second kappa shape index (κ2) is 8.66. The molecular formula is C21H26N4O2. The molecule has 1 aromatic carbocycles. The minimum Gasteiger partial charge on any atom is -0.355 e. The molecule has 27 heavy (non-hydrogen) atoms. The highest BCUT2D eigenvalue weighted by Gasteiger charge is 2.30. The minimum absolute atomic E-state index is 0.0692. The number of pyridine rings is 1. The zero-order chi connectivity index (χ0) is 19.2. The van der Waals surface area contributed by atoms with Gasteiger partial charge in [0.15, 0.2) is 0 Å². The molecular weight excluding hydrogens is 340 g/mol. The molecule has 3 rings (SSSR count). The first-order valence-corrected chi connectivity index (χ1v) is 9.39. The Kier molecular flexibility index (Phi) is 6.06. The number of rotatable bonds is 5. The monoisotopic (exact) mass is 366 g/mol. The SMILES string of the molecule is CC[C@H]1CN(c2ncccc2C(=O)NC)CCC(=O)N1Cc1ccccc1. The topological polar surface area (TPSA) is 65.5 Å². The predicted molar refractivity (Wildman–Crippen MR) is 106 cm³/mol. The van der Waals surface area contributed by atoms with E-state index in [1.165, 1.54) is 0 Å². The van der Waals surface area contributed by atoms with E-state index in [0.717, 1.165) is 12.0 Å². The number of nitrogens with zero attached hydrogens (tertiary/aromatic N) is 3. The zero-order valence-electron chi connectivity index (χ0n) is 15.9. The highest BCUT2D eigenvalue weighted by molar-refractivity contribution is 5.98. The number of hydrogen-bond acceptors (Lipinski definition) is 4. The highest BCUT2D eigenvalue weighted by Crippen LogP contribution is 2.24. The first-order chi connectivity index (χ1) is 13.1. The summed E-state index contributed by atoms with van der Waals surface area (Å²) in [5.74, 6) is 0.623. The third kappa shape index (κ3) is 4.27. The van der Waals surface area contributed by atoms with Crippen molar-refractivity contribution in [2.45, 2.75) is 32.4 Å². The maximum Gasteiger partial charge on any atom is 0.254 e. The van der Waals surface area contributed by atoms with Crippen LogP contribution in [0.3, 0.4) is 0 Å². The summed E-state index contributed by atoms with van der Waals surface area (Å²) >= 11 is 0. The summed E-state index contributed by atoms with van der Waals surface area (Å²) in [6.45, 7) is 3.92. The fourth-order valence-electron chi connectivity index (χ4n) is 3.52. The van der Waals surface area contributed by atoms with Gasteiger partial charge in [0.05, 0.1) is 5.56 Å². The predicted octanol–water partition coefficient (Wildman–Crippen LogP) is 2.46. The molecule has 1 aliphatic heterocycles. The van der Waals surface area contributed by atoms with Crippen molar-refractivity contribution >= 4 is 17.6 Å². The Hall–Kier alpha value is -2.89. The van der Waals surface area contributed by atoms with Crippen molar-refractivity contribution < 1.29 is 9.59 Å². The Labute approximate surface area is 160 Å². The molecule has 0 spiro atoms. The fraction of sp³-hybridized carbons (Fsp3) is 0.381. The Bertz CT molecular complexity index is 794. The summed E-state index contributed by atoms with van der Waals surface area (Å²) in [4.78, 5) is 33.6. The Morgan fingerprint density at radius 2 is 2.00 bits per heavy atom. The van der Waals surface area contributed by atoms with Crippen LogP contribution in [0.15, 0.2) is 48.7 Å². The molecule has 1 N–H and O–H groups in total. The number of amides is 2. The summed E-state index contributed by atoms with van der Waals surface area (Å²) in [6.07, 6.45) is 2.95. The van der Waals surface area contributed by atoms with Gasteiger partial charge in [-0.2, -0.15) is 0 Å². The van der Waals surface area contributed by atoms with E-state index in [0.29, 0.717) is 37.4 Å². The van der Waals surface area contributed by atoms with E-state index < -0.39 is 0 Å². The van der Waals surface area contributed by atoms with Crippen molar-refractivity contribution in [2.24, 2.45) is 0 Å². The molecule has 1 aliphatic rings. The van der Waals surface area contributed by atoms with Crippen molar-refractivity contribution in [2.75, 3.05) is 25.0 Å². The van der Waals surface area contributed by atoms with Crippen molar-refractivity contribution in [1.82, 2.24) is 15.2 Å². The van der Waals surface area contributed by atoms with Crippen molar-refractivity contribution in [1.29, 1.82) is 0 Å². The molecule has 2 heterocycles. The molecule has 0 radical (unpaired) electrons. The van der Waals surface area contributed by atoms with Gasteiger partial charge in [-0.3, -0.25) is 9.59 Å². The number of aromatic nitrogens is 1. The normalized spacial score (nSPS) is 17.6. The number of anilines is 1. The molecule has 1 saturated heterocycles. The third-order valence-electron chi connectivity index (χ3n) is 5.01. The van der Waals surface area contributed by atoms with Crippen LogP contribution < -0.4 is 10.2 Å². The molecule has 2 amide bonds. The van der Waals surface area contributed by atoms with E-state index in [9.17, 15) is 9.59 Å². The lowest BCUT2D eigenvalue weighted by atomic mass is 10.1. The summed E-state index contributed by atoms with van der Waals surface area (Å²) in [5, 5.41) is 2.67. The first-order valence-electron chi connectivity index (χ1n) is 9.39. The zero-order valence-corrected chi connectivity index (χ0v) is 15.9. The maximum atomic E-state index is 12.8. The van der Waals surface area contributed by atoms with Crippen LogP contribution in [0.2, 0.25) is 0 Å². The van der Waals surface area contributed by atoms with Gasteiger partial charge in [-0.15, -0.1) is 0 Å². The van der Waals surface area contributed by atoms with Crippen LogP contribution in [0.1, 0.15) is 35.7 Å². The Morgan fingerprint density at radius 3 is 2.70 bits per heavy atom. The largest absolute Gasteiger partial charge is 0.355 e. The Morgan fingerprint density at radius 1 is 1.22 bits per heavy atom. The summed E-state index contributed by atoms with van der Waals surface area (Å²) in [7, 11) is 1.61. The van der Waals surface area contributed by atoms with Crippen molar-refractivity contribution in [3.05, 3.63) is 59.8 Å². The van der Waals surface area contributed by atoms with Gasteiger partial charge in [-0.1, -0.05) is 37.3 Å². The maximum absolute atomic E-state index is 12.8. The summed E-state index contributed by atoms with van der Waals surface area (Å²) in [5.41, 5.74) is 1.67. The number of carbonyl (C=O) groups excluding carboxylic acids is 2. The van der Waals surface area contributed by atoms with Crippen LogP contribution in [0.25, 0.3) is 0 Å². The molecule has 6 heteroatoms. The van der Waals surface area contributed by atoms with E-state index in [-0.39, 0.29) is 17.9 Å². The number of benzene rings is 1. The second-order valence-electron chi connectivity index (χ2n) is 6.72. The van der Waals surface area contributed by atoms with Gasteiger partial charge >= 0.3 is 0 Å². The smallest absolute Gasteiger partial charge is 0.254 e. The average molecular weight is 366 g/mol. The minimum atomic E-state index is -0.164. The lowest BCUT2D eigenvalue weighted by Gasteiger charge is -2.32. The van der Waals surface area contributed by atoms with Gasteiger partial charge in [0.2, 0.25) is 5.91 Å². The van der Waals surface area contributed by atoms with Gasteiger partial charge < -0.3 is 15.1 Å². The van der Waals surface area contributed by atoms with Crippen molar-refractivity contribution in [3.63, 3.8) is 0 Å². The van der Waals surface area contributed by atoms with E-state index in [4.69, 9.17) is 0 Å². The van der Waals surface area contributed by atoms with Crippen LogP contribution in [0, 0.1) is 0 Å². The van der Waals surface area contributed by atoms with Gasteiger partial charge in [0.1, 0.15) is 5.82 Å². The fourth-order valence-corrected chi connectivity index (χ4v) is 3.52. The molecule has 142 valence electrons. The summed E-state index contributed by atoms with van der Waals surface area (Å²) in [6, 6.07) is 13.7. The van der Waals surface area contributed by atoms with Gasteiger partial charge in [0.25, 0.3) is 5.91 Å².